The summed E-state index contributed by atoms with van der Waals surface area (Å²) in [5, 5.41) is 13.0. The van der Waals surface area contributed by atoms with E-state index >= 15 is 0 Å². The average Bonchev–Trinajstić information content (AvgIpc) is 3.31. The maximum atomic E-state index is 4.88. The number of nitrogens with one attached hydrogen (secondary N) is 1. The van der Waals surface area contributed by atoms with Crippen LogP contribution in [-0.2, 0) is 5.75 Å². The number of aromatic amines is 1. The third kappa shape index (κ3) is 3.38. The van der Waals surface area contributed by atoms with Gasteiger partial charge in [0.2, 0.25) is 0 Å². The molecule has 2 aromatic carbocycles. The predicted octanol–water partition coefficient (Wildman–Crippen LogP) is 4.36. The van der Waals surface area contributed by atoms with E-state index in [0.29, 0.717) is 11.8 Å². The van der Waals surface area contributed by atoms with Gasteiger partial charge in [-0.3, -0.25) is 0 Å². The minimum atomic E-state index is 0.479. The van der Waals surface area contributed by atoms with Crippen molar-refractivity contribution in [2.45, 2.75) is 29.8 Å². The highest BCUT2D eigenvalue weighted by molar-refractivity contribution is 7.98. The molecular weight excluding hydrogens is 356 g/mol. The van der Waals surface area contributed by atoms with E-state index < -0.39 is 0 Å². The highest BCUT2D eigenvalue weighted by atomic mass is 32.2. The third-order valence-electron chi connectivity index (χ3n) is 4.58. The number of thioether (sulfide) groups is 1. The van der Waals surface area contributed by atoms with E-state index in [1.807, 2.05) is 41.1 Å². The Balaban J connectivity index is 1.46. The van der Waals surface area contributed by atoms with E-state index in [2.05, 4.69) is 44.8 Å². The van der Waals surface area contributed by atoms with Gasteiger partial charge >= 0.3 is 0 Å². The number of hydrogen-bond donors (Lipinski definition) is 1. The Bertz CT molecular complexity index is 980. The lowest BCUT2D eigenvalue weighted by molar-refractivity contribution is 0.593. The summed E-state index contributed by atoms with van der Waals surface area (Å²) in [4.78, 5) is 8.37. The molecule has 2 aromatic heterocycles. The van der Waals surface area contributed by atoms with Gasteiger partial charge in [-0.15, -0.1) is 5.10 Å². The summed E-state index contributed by atoms with van der Waals surface area (Å²) >= 11 is 1.63. The van der Waals surface area contributed by atoms with Gasteiger partial charge in [-0.05, 0) is 23.3 Å². The van der Waals surface area contributed by atoms with Crippen molar-refractivity contribution >= 4 is 11.8 Å². The molecule has 0 saturated heterocycles. The van der Waals surface area contributed by atoms with Gasteiger partial charge < -0.3 is 4.98 Å². The molecule has 27 heavy (non-hydrogen) atoms. The van der Waals surface area contributed by atoms with Crippen LogP contribution in [-0.4, -0.2) is 30.2 Å². The summed E-state index contributed by atoms with van der Waals surface area (Å²) in [6.07, 6.45) is 2.33. The fourth-order valence-electron chi connectivity index (χ4n) is 3.08. The first-order valence-corrected chi connectivity index (χ1v) is 9.97. The third-order valence-corrected chi connectivity index (χ3v) is 5.45. The second-order valence-corrected chi connectivity index (χ2v) is 7.52. The van der Waals surface area contributed by atoms with Gasteiger partial charge in [0.15, 0.2) is 11.0 Å². The summed E-state index contributed by atoms with van der Waals surface area (Å²) in [6, 6.07) is 21.1. The van der Waals surface area contributed by atoms with Crippen molar-refractivity contribution in [2.75, 3.05) is 0 Å². The molecule has 1 saturated carbocycles. The number of rotatable bonds is 6. The Morgan fingerprint density at radius 2 is 1.67 bits per heavy atom. The molecule has 7 heteroatoms. The van der Waals surface area contributed by atoms with E-state index in [1.54, 1.807) is 11.8 Å². The van der Waals surface area contributed by atoms with Crippen LogP contribution in [0.5, 0.6) is 0 Å². The van der Waals surface area contributed by atoms with Crippen LogP contribution in [0.4, 0.5) is 0 Å². The molecule has 0 aliphatic heterocycles. The van der Waals surface area contributed by atoms with E-state index in [-0.39, 0.29) is 0 Å². The van der Waals surface area contributed by atoms with Crippen LogP contribution in [0.25, 0.3) is 22.5 Å². The number of aromatic nitrogens is 6. The quantitative estimate of drug-likeness (QED) is 0.508. The van der Waals surface area contributed by atoms with Gasteiger partial charge in [-0.25, -0.2) is 9.67 Å². The molecule has 0 spiro atoms. The number of benzene rings is 2. The van der Waals surface area contributed by atoms with Gasteiger partial charge in [-0.1, -0.05) is 72.4 Å². The van der Waals surface area contributed by atoms with Crippen LogP contribution in [0, 0.1) is 0 Å². The monoisotopic (exact) mass is 374 g/mol. The molecule has 6 nitrogen and oxygen atoms in total. The van der Waals surface area contributed by atoms with Gasteiger partial charge in [-0.2, -0.15) is 0 Å². The van der Waals surface area contributed by atoms with Crippen LogP contribution in [0.1, 0.15) is 24.7 Å². The van der Waals surface area contributed by atoms with Crippen molar-refractivity contribution in [1.82, 2.24) is 30.2 Å². The van der Waals surface area contributed by atoms with Crippen LogP contribution < -0.4 is 0 Å². The first-order chi connectivity index (χ1) is 13.4. The summed E-state index contributed by atoms with van der Waals surface area (Å²) in [5.74, 6) is 1.60. The Kier molecular flexibility index (Phi) is 4.21. The topological polar surface area (TPSA) is 72.3 Å². The smallest absolute Gasteiger partial charge is 0.166 e. The molecule has 0 radical (unpaired) electrons. The number of nitrogens with zero attached hydrogens (tertiary/aromatic N) is 5. The van der Waals surface area contributed by atoms with Crippen molar-refractivity contribution in [1.29, 1.82) is 0 Å². The molecule has 0 atom stereocenters. The normalized spacial score (nSPS) is 13.8. The molecule has 0 unspecified atom stereocenters. The fraction of sp³-hybridized carbons (Fsp3) is 0.200. The molecular formula is C20H18N6S. The average molecular weight is 374 g/mol. The molecule has 2 heterocycles. The van der Waals surface area contributed by atoms with Crippen molar-refractivity contribution in [3.63, 3.8) is 0 Å². The number of tetrazole rings is 1. The SMILES string of the molecule is c1ccc(-c2nc(SCc3nnnn3C3CC3)[nH]c2-c2ccccc2)cc1. The molecule has 0 amide bonds. The van der Waals surface area contributed by atoms with E-state index in [4.69, 9.17) is 4.98 Å². The molecule has 4 aromatic rings. The van der Waals surface area contributed by atoms with Crippen LogP contribution in [0.15, 0.2) is 65.8 Å². The summed E-state index contributed by atoms with van der Waals surface area (Å²) in [5.41, 5.74) is 4.22. The van der Waals surface area contributed by atoms with Crippen molar-refractivity contribution in [2.24, 2.45) is 0 Å². The van der Waals surface area contributed by atoms with Crippen LogP contribution >= 0.6 is 11.8 Å². The van der Waals surface area contributed by atoms with Crippen LogP contribution in [0.2, 0.25) is 0 Å². The summed E-state index contributed by atoms with van der Waals surface area (Å²) < 4.78 is 1.95. The Labute approximate surface area is 161 Å². The fourth-order valence-corrected chi connectivity index (χ4v) is 3.87. The lowest BCUT2D eigenvalue weighted by Gasteiger charge is -2.02. The Hall–Kier alpha value is -2.93. The lowest BCUT2D eigenvalue weighted by atomic mass is 10.1. The van der Waals surface area contributed by atoms with E-state index in [9.17, 15) is 0 Å². The maximum Gasteiger partial charge on any atom is 0.166 e. The first kappa shape index (κ1) is 16.3. The maximum absolute atomic E-state index is 4.88. The van der Waals surface area contributed by atoms with Crippen molar-refractivity contribution in [3.05, 3.63) is 66.5 Å². The summed E-state index contributed by atoms with van der Waals surface area (Å²) in [6.45, 7) is 0. The molecule has 1 aliphatic carbocycles. The first-order valence-electron chi connectivity index (χ1n) is 8.99. The molecule has 134 valence electrons. The molecule has 1 N–H and O–H groups in total. The Morgan fingerprint density at radius 1 is 0.963 bits per heavy atom. The highest BCUT2D eigenvalue weighted by Crippen LogP contribution is 2.36. The van der Waals surface area contributed by atoms with E-state index in [1.165, 1.54) is 12.8 Å². The number of imidazole rings is 1. The van der Waals surface area contributed by atoms with Gasteiger partial charge in [0.25, 0.3) is 0 Å². The molecule has 1 aliphatic rings. The summed E-state index contributed by atoms with van der Waals surface area (Å²) in [7, 11) is 0. The second-order valence-electron chi connectivity index (χ2n) is 6.56. The second kappa shape index (κ2) is 7.00. The van der Waals surface area contributed by atoms with Crippen molar-refractivity contribution < 1.29 is 0 Å². The minimum absolute atomic E-state index is 0.479. The molecule has 5 rings (SSSR count). The van der Waals surface area contributed by atoms with E-state index in [0.717, 1.165) is 33.5 Å². The highest BCUT2D eigenvalue weighted by Gasteiger charge is 2.27. The van der Waals surface area contributed by atoms with Crippen molar-refractivity contribution in [3.8, 4) is 22.5 Å². The zero-order chi connectivity index (χ0) is 18.1. The standard InChI is InChI=1S/C20H18N6S/c1-3-7-14(8-4-1)18-19(15-9-5-2-6-10-15)22-20(21-18)27-13-17-23-24-25-26(17)16-11-12-16/h1-10,16H,11-13H2,(H,21,22). The van der Waals surface area contributed by atoms with Gasteiger partial charge in [0, 0.05) is 11.1 Å². The minimum Gasteiger partial charge on any atom is -0.332 e. The Morgan fingerprint density at radius 3 is 2.37 bits per heavy atom. The zero-order valence-corrected chi connectivity index (χ0v) is 15.4. The zero-order valence-electron chi connectivity index (χ0n) is 14.6. The van der Waals surface area contributed by atoms with Crippen LogP contribution in [0.3, 0.4) is 0 Å². The van der Waals surface area contributed by atoms with Gasteiger partial charge in [0.05, 0.1) is 23.2 Å². The number of hydrogen-bond acceptors (Lipinski definition) is 5. The molecule has 0 bridgehead atoms. The lowest BCUT2D eigenvalue weighted by Crippen LogP contribution is -2.02. The van der Waals surface area contributed by atoms with Gasteiger partial charge in [0.1, 0.15) is 0 Å². The number of H-pyrrole nitrogens is 1. The molecule has 1 fully saturated rings. The predicted molar refractivity (Wildman–Crippen MR) is 105 cm³/mol. The largest absolute Gasteiger partial charge is 0.332 e.